The maximum Gasteiger partial charge on any atom is 0.352 e. The van der Waals surface area contributed by atoms with Gasteiger partial charge in [0.2, 0.25) is 21.8 Å². The number of carboxylic acid groups (broad SMARTS) is 1. The number of hydrogen-bond donors (Lipinski definition) is 2. The van der Waals surface area contributed by atoms with Crippen LogP contribution in [0.15, 0.2) is 23.1 Å². The molecule has 11 nitrogen and oxygen atoms in total. The number of halogens is 1. The predicted octanol–water partition coefficient (Wildman–Crippen LogP) is 3.53. The molecule has 3 aliphatic rings. The minimum atomic E-state index is -3.82. The SMILES string of the molecule is CC(=O)N1CCC(C(=O)N(CCCN2CC3CN(S(=O)(=O)c4c(C)[nH]c(C(=O)O)c4C)CC3C2)c2ccc(C)c(Cl)c2)CC1. The molecule has 0 bridgehead atoms. The number of sulfonamides is 1. The Bertz CT molecular complexity index is 1540. The second-order valence-corrected chi connectivity index (χ2v) is 14.8. The van der Waals surface area contributed by atoms with E-state index in [4.69, 9.17) is 11.6 Å². The molecule has 1 aromatic carbocycles. The molecule has 13 heteroatoms. The molecule has 4 heterocycles. The summed E-state index contributed by atoms with van der Waals surface area (Å²) in [5.74, 6) is -0.828. The van der Waals surface area contributed by atoms with Crippen LogP contribution in [0.4, 0.5) is 5.69 Å². The van der Waals surface area contributed by atoms with Gasteiger partial charge in [-0.1, -0.05) is 17.7 Å². The number of fused-ring (bicyclic) bond motifs is 1. The quantitative estimate of drug-likeness (QED) is 0.425. The van der Waals surface area contributed by atoms with Gasteiger partial charge in [0.05, 0.1) is 0 Å². The van der Waals surface area contributed by atoms with Crippen LogP contribution in [0.2, 0.25) is 5.02 Å². The topological polar surface area (TPSA) is 134 Å². The Kier molecular flexibility index (Phi) is 9.46. The van der Waals surface area contributed by atoms with E-state index in [1.54, 1.807) is 18.7 Å². The van der Waals surface area contributed by atoms with Gasteiger partial charge in [0.15, 0.2) is 0 Å². The lowest BCUT2D eigenvalue weighted by atomic mass is 9.94. The maximum absolute atomic E-state index is 13.8. The number of benzene rings is 1. The summed E-state index contributed by atoms with van der Waals surface area (Å²) in [5.41, 5.74) is 2.22. The average molecular weight is 648 g/mol. The van der Waals surface area contributed by atoms with Gasteiger partial charge in [-0.2, -0.15) is 4.31 Å². The van der Waals surface area contributed by atoms with Crippen LogP contribution in [0.1, 0.15) is 53.5 Å². The van der Waals surface area contributed by atoms with E-state index in [1.165, 1.54) is 11.2 Å². The Morgan fingerprint density at radius 1 is 1.05 bits per heavy atom. The molecule has 2 aromatic rings. The number of carbonyl (C=O) groups is 3. The molecule has 2 N–H and O–H groups in total. The Morgan fingerprint density at radius 2 is 1.68 bits per heavy atom. The highest BCUT2D eigenvalue weighted by Gasteiger charge is 2.45. The fraction of sp³-hybridized carbons (Fsp3) is 0.581. The molecule has 2 amide bonds. The van der Waals surface area contributed by atoms with Gasteiger partial charge in [-0.05, 0) is 76.1 Å². The molecule has 5 rings (SSSR count). The molecule has 1 aromatic heterocycles. The van der Waals surface area contributed by atoms with Crippen LogP contribution in [0.25, 0.3) is 0 Å². The third-order valence-corrected chi connectivity index (χ3v) is 12.1. The van der Waals surface area contributed by atoms with Crippen molar-refractivity contribution in [2.24, 2.45) is 17.8 Å². The van der Waals surface area contributed by atoms with Crippen molar-refractivity contribution < 1.29 is 27.9 Å². The van der Waals surface area contributed by atoms with Crippen molar-refractivity contribution in [3.05, 3.63) is 45.7 Å². The lowest BCUT2D eigenvalue weighted by Gasteiger charge is -2.34. The zero-order valence-electron chi connectivity index (χ0n) is 25.8. The number of aryl methyl sites for hydroxylation is 2. The number of carbonyl (C=O) groups excluding carboxylic acids is 2. The van der Waals surface area contributed by atoms with Crippen LogP contribution in [0.3, 0.4) is 0 Å². The van der Waals surface area contributed by atoms with Crippen molar-refractivity contribution in [2.75, 3.05) is 57.3 Å². The molecule has 3 aliphatic heterocycles. The van der Waals surface area contributed by atoms with Crippen molar-refractivity contribution in [3.8, 4) is 0 Å². The molecule has 44 heavy (non-hydrogen) atoms. The van der Waals surface area contributed by atoms with E-state index in [0.717, 1.165) is 37.3 Å². The Balaban J connectivity index is 1.19. The minimum absolute atomic E-state index is 0.0381. The molecule has 0 saturated carbocycles. The number of hydrogen-bond acceptors (Lipinski definition) is 6. The predicted molar refractivity (Wildman–Crippen MR) is 168 cm³/mol. The van der Waals surface area contributed by atoms with Gasteiger partial charge in [-0.25, -0.2) is 13.2 Å². The third-order valence-electron chi connectivity index (χ3n) is 9.59. The first-order valence-electron chi connectivity index (χ1n) is 15.3. The first-order chi connectivity index (χ1) is 20.8. The number of rotatable bonds is 9. The zero-order chi connectivity index (χ0) is 31.9. The number of aromatic carboxylic acids is 1. The number of nitrogens with one attached hydrogen (secondary N) is 1. The van der Waals surface area contributed by atoms with Crippen molar-refractivity contribution in [1.82, 2.24) is 19.1 Å². The number of anilines is 1. The van der Waals surface area contributed by atoms with Crippen molar-refractivity contribution in [1.29, 1.82) is 0 Å². The number of carboxylic acids is 1. The number of piperidine rings is 1. The fourth-order valence-corrected chi connectivity index (χ4v) is 9.25. The summed E-state index contributed by atoms with van der Waals surface area (Å²) in [6.07, 6.45) is 2.04. The Labute approximate surface area is 264 Å². The summed E-state index contributed by atoms with van der Waals surface area (Å²) in [5, 5.41) is 10.0. The normalized spacial score (nSPS) is 21.5. The molecular formula is C31H42ClN5O6S. The molecule has 0 radical (unpaired) electrons. The summed E-state index contributed by atoms with van der Waals surface area (Å²) in [6, 6.07) is 5.71. The third kappa shape index (κ3) is 6.40. The standard InChI is InChI=1S/C31H42ClN5O6S/c1-19-6-7-26(14-27(19)32)37(30(39)23-8-12-35(13-9-23)22(4)38)11-5-10-34-15-24-17-36(18-25(24)16-34)44(42,43)29-20(2)28(31(40)41)33-21(29)3/h6-7,14,23-25,33H,5,8-13,15-18H2,1-4H3,(H,40,41). The van der Waals surface area contributed by atoms with Gasteiger partial charge in [0, 0.05) is 80.6 Å². The second-order valence-electron chi connectivity index (χ2n) is 12.5. The number of nitrogens with zero attached hydrogens (tertiary/aromatic N) is 4. The number of aromatic nitrogens is 1. The Morgan fingerprint density at radius 3 is 2.23 bits per heavy atom. The molecule has 0 aliphatic carbocycles. The lowest BCUT2D eigenvalue weighted by molar-refractivity contribution is -0.133. The molecule has 2 atom stereocenters. The van der Waals surface area contributed by atoms with Crippen LogP contribution < -0.4 is 4.90 Å². The van der Waals surface area contributed by atoms with E-state index in [-0.39, 0.29) is 45.7 Å². The van der Waals surface area contributed by atoms with E-state index in [2.05, 4.69) is 9.88 Å². The number of likely N-dealkylation sites (tertiary alicyclic amines) is 2. The van der Waals surface area contributed by atoms with E-state index in [0.29, 0.717) is 56.3 Å². The van der Waals surface area contributed by atoms with Crippen LogP contribution in [0.5, 0.6) is 0 Å². The summed E-state index contributed by atoms with van der Waals surface area (Å²) < 4.78 is 28.6. The van der Waals surface area contributed by atoms with Crippen LogP contribution in [-0.4, -0.2) is 103 Å². The highest BCUT2D eigenvalue weighted by atomic mass is 35.5. The maximum atomic E-state index is 13.8. The van der Waals surface area contributed by atoms with Crippen LogP contribution >= 0.6 is 11.6 Å². The van der Waals surface area contributed by atoms with Gasteiger partial charge >= 0.3 is 5.97 Å². The monoisotopic (exact) mass is 647 g/mol. The highest BCUT2D eigenvalue weighted by molar-refractivity contribution is 7.89. The molecule has 240 valence electrons. The first-order valence-corrected chi connectivity index (χ1v) is 17.1. The van der Waals surface area contributed by atoms with Gasteiger partial charge in [-0.15, -0.1) is 0 Å². The molecule has 0 spiro atoms. The largest absolute Gasteiger partial charge is 0.477 e. The lowest BCUT2D eigenvalue weighted by Crippen LogP contribution is -2.44. The van der Waals surface area contributed by atoms with E-state index in [1.807, 2.05) is 30.0 Å². The van der Waals surface area contributed by atoms with E-state index < -0.39 is 16.0 Å². The second kappa shape index (κ2) is 12.8. The van der Waals surface area contributed by atoms with Gasteiger partial charge < -0.3 is 24.8 Å². The minimum Gasteiger partial charge on any atom is -0.477 e. The molecule has 3 fully saturated rings. The summed E-state index contributed by atoms with van der Waals surface area (Å²) in [6.45, 7) is 11.5. The Hall–Kier alpha value is -2.93. The van der Waals surface area contributed by atoms with Gasteiger partial charge in [0.25, 0.3) is 0 Å². The van der Waals surface area contributed by atoms with Crippen molar-refractivity contribution in [3.63, 3.8) is 0 Å². The van der Waals surface area contributed by atoms with E-state index in [9.17, 15) is 27.9 Å². The summed E-state index contributed by atoms with van der Waals surface area (Å²) in [7, 11) is -3.82. The van der Waals surface area contributed by atoms with Crippen LogP contribution in [-0.2, 0) is 19.6 Å². The number of aromatic amines is 1. The summed E-state index contributed by atoms with van der Waals surface area (Å²) in [4.78, 5) is 45.9. The van der Waals surface area contributed by atoms with E-state index >= 15 is 0 Å². The molecular weight excluding hydrogens is 606 g/mol. The fourth-order valence-electron chi connectivity index (χ4n) is 7.12. The average Bonchev–Trinajstić information content (AvgIpc) is 3.64. The van der Waals surface area contributed by atoms with Gasteiger partial charge in [0.1, 0.15) is 10.6 Å². The highest BCUT2D eigenvalue weighted by Crippen LogP contribution is 2.36. The first kappa shape index (κ1) is 32.5. The van der Waals surface area contributed by atoms with Crippen LogP contribution in [0, 0.1) is 38.5 Å². The van der Waals surface area contributed by atoms with Gasteiger partial charge in [-0.3, -0.25) is 9.59 Å². The number of amides is 2. The van der Waals surface area contributed by atoms with Crippen molar-refractivity contribution >= 4 is 45.1 Å². The zero-order valence-corrected chi connectivity index (χ0v) is 27.4. The summed E-state index contributed by atoms with van der Waals surface area (Å²) >= 11 is 6.44. The molecule has 3 saturated heterocycles. The van der Waals surface area contributed by atoms with Crippen molar-refractivity contribution in [2.45, 2.75) is 51.9 Å². The smallest absolute Gasteiger partial charge is 0.352 e. The molecule has 2 unspecified atom stereocenters. The number of H-pyrrole nitrogens is 1.